The van der Waals surface area contributed by atoms with E-state index < -0.39 is 0 Å². The van der Waals surface area contributed by atoms with E-state index in [1.165, 1.54) is 38.5 Å². The van der Waals surface area contributed by atoms with Crippen LogP contribution in [-0.4, -0.2) is 39.7 Å². The van der Waals surface area contributed by atoms with Crippen molar-refractivity contribution in [1.29, 1.82) is 0 Å². The molecule has 3 heterocycles. The minimum absolute atomic E-state index is 0.291. The van der Waals surface area contributed by atoms with Gasteiger partial charge in [-0.05, 0) is 44.4 Å². The molecule has 6 nitrogen and oxygen atoms in total. The van der Waals surface area contributed by atoms with Gasteiger partial charge in [0.1, 0.15) is 5.82 Å². The van der Waals surface area contributed by atoms with Crippen molar-refractivity contribution in [3.8, 4) is 11.4 Å². The Kier molecular flexibility index (Phi) is 4.47. The van der Waals surface area contributed by atoms with Crippen LogP contribution in [0.3, 0.4) is 0 Å². The highest BCUT2D eigenvalue weighted by Crippen LogP contribution is 2.37. The molecule has 0 radical (unpaired) electrons. The van der Waals surface area contributed by atoms with E-state index >= 15 is 0 Å². The van der Waals surface area contributed by atoms with Crippen LogP contribution in [0.4, 0.5) is 5.82 Å². The topological polar surface area (TPSA) is 67.1 Å². The molecular formula is C18H25N5O. The lowest BCUT2D eigenvalue weighted by Crippen LogP contribution is -2.36. The molecule has 1 saturated carbocycles. The highest BCUT2D eigenvalue weighted by molar-refractivity contribution is 5.55. The fourth-order valence-corrected chi connectivity index (χ4v) is 4.07. The Balaban J connectivity index is 1.52. The average molecular weight is 327 g/mol. The summed E-state index contributed by atoms with van der Waals surface area (Å²) in [6.45, 7) is 1.16. The van der Waals surface area contributed by atoms with E-state index in [1.807, 2.05) is 19.2 Å². The highest BCUT2D eigenvalue weighted by atomic mass is 16.5. The molecule has 4 rings (SSSR count). The molecule has 24 heavy (non-hydrogen) atoms. The molecular weight excluding hydrogens is 302 g/mol. The maximum Gasteiger partial charge on any atom is 0.244 e. The van der Waals surface area contributed by atoms with E-state index in [0.717, 1.165) is 30.2 Å². The number of aromatic nitrogens is 3. The molecule has 1 aliphatic heterocycles. The van der Waals surface area contributed by atoms with E-state index in [4.69, 9.17) is 4.52 Å². The molecule has 6 heteroatoms. The summed E-state index contributed by atoms with van der Waals surface area (Å²) in [5.74, 6) is 2.24. The molecule has 128 valence electrons. The third kappa shape index (κ3) is 3.02. The lowest BCUT2D eigenvalue weighted by Gasteiger charge is -2.34. The zero-order chi connectivity index (χ0) is 16.4. The number of nitrogens with one attached hydrogen (secondary N) is 1. The van der Waals surface area contributed by atoms with Crippen molar-refractivity contribution >= 4 is 5.82 Å². The van der Waals surface area contributed by atoms with E-state index in [0.29, 0.717) is 17.9 Å². The molecule has 2 aromatic rings. The molecule has 1 atom stereocenters. The number of likely N-dealkylation sites (tertiary alicyclic amines) is 1. The van der Waals surface area contributed by atoms with Crippen molar-refractivity contribution in [3.63, 3.8) is 0 Å². The Morgan fingerprint density at radius 1 is 1.12 bits per heavy atom. The third-order valence-corrected chi connectivity index (χ3v) is 5.34. The summed E-state index contributed by atoms with van der Waals surface area (Å²) >= 11 is 0. The molecule has 2 aliphatic rings. The largest absolute Gasteiger partial charge is 0.373 e. The first-order chi connectivity index (χ1) is 11.8. The van der Waals surface area contributed by atoms with E-state index in [1.54, 1.807) is 6.20 Å². The second-order valence-electron chi connectivity index (χ2n) is 6.83. The van der Waals surface area contributed by atoms with Gasteiger partial charge in [0.25, 0.3) is 0 Å². The van der Waals surface area contributed by atoms with Crippen LogP contribution in [0.25, 0.3) is 11.4 Å². The van der Waals surface area contributed by atoms with Crippen molar-refractivity contribution in [2.45, 2.75) is 57.0 Å². The van der Waals surface area contributed by atoms with Crippen molar-refractivity contribution in [3.05, 3.63) is 24.2 Å². The van der Waals surface area contributed by atoms with Gasteiger partial charge >= 0.3 is 0 Å². The highest BCUT2D eigenvalue weighted by Gasteiger charge is 2.35. The summed E-state index contributed by atoms with van der Waals surface area (Å²) in [6.07, 6.45) is 10.8. The normalized spacial score (nSPS) is 22.8. The summed E-state index contributed by atoms with van der Waals surface area (Å²) in [5.41, 5.74) is 0.895. The summed E-state index contributed by atoms with van der Waals surface area (Å²) < 4.78 is 5.63. The first-order valence-electron chi connectivity index (χ1n) is 9.08. The van der Waals surface area contributed by atoms with Crippen molar-refractivity contribution in [1.82, 2.24) is 20.0 Å². The third-order valence-electron chi connectivity index (χ3n) is 5.34. The quantitative estimate of drug-likeness (QED) is 0.924. The number of pyridine rings is 1. The van der Waals surface area contributed by atoms with E-state index in [-0.39, 0.29) is 0 Å². The Bertz CT molecular complexity index is 662. The Hall–Kier alpha value is -1.95. The molecule has 0 aromatic carbocycles. The number of rotatable bonds is 4. The van der Waals surface area contributed by atoms with Gasteiger partial charge in [0.05, 0.1) is 6.04 Å². The molecule has 2 aromatic heterocycles. The van der Waals surface area contributed by atoms with Gasteiger partial charge in [0.15, 0.2) is 0 Å². The average Bonchev–Trinajstić information content (AvgIpc) is 3.32. The van der Waals surface area contributed by atoms with Gasteiger partial charge < -0.3 is 9.84 Å². The zero-order valence-corrected chi connectivity index (χ0v) is 14.2. The summed E-state index contributed by atoms with van der Waals surface area (Å²) in [7, 11) is 1.86. The number of nitrogens with zero attached hydrogens (tertiary/aromatic N) is 4. The molecule has 2 fully saturated rings. The molecule has 1 N–H and O–H groups in total. The van der Waals surface area contributed by atoms with Crippen LogP contribution in [0.2, 0.25) is 0 Å². The first kappa shape index (κ1) is 15.6. The fraction of sp³-hybridized carbons (Fsp3) is 0.611. The molecule has 0 unspecified atom stereocenters. The molecule has 1 aliphatic carbocycles. The van der Waals surface area contributed by atoms with Gasteiger partial charge in [0.2, 0.25) is 11.7 Å². The minimum Gasteiger partial charge on any atom is -0.373 e. The minimum atomic E-state index is 0.291. The Labute approximate surface area is 142 Å². The smallest absolute Gasteiger partial charge is 0.244 e. The predicted octanol–water partition coefficient (Wildman–Crippen LogP) is 3.64. The molecule has 0 bridgehead atoms. The van der Waals surface area contributed by atoms with Crippen LogP contribution >= 0.6 is 0 Å². The van der Waals surface area contributed by atoms with Crippen LogP contribution in [0.1, 0.15) is 56.9 Å². The van der Waals surface area contributed by atoms with Crippen LogP contribution in [0.5, 0.6) is 0 Å². The monoisotopic (exact) mass is 327 g/mol. The van der Waals surface area contributed by atoms with Gasteiger partial charge in [-0.2, -0.15) is 4.98 Å². The molecule has 0 amide bonds. The molecule has 1 saturated heterocycles. The Morgan fingerprint density at radius 2 is 2.00 bits per heavy atom. The SMILES string of the molecule is CNc1ccc(-c2noc([C@@H]3CCCN3C3CCCCC3)n2)cn1. The maximum atomic E-state index is 5.63. The van der Waals surface area contributed by atoms with Crippen molar-refractivity contribution < 1.29 is 4.52 Å². The summed E-state index contributed by atoms with van der Waals surface area (Å²) in [6, 6.07) is 4.88. The number of anilines is 1. The molecule has 0 spiro atoms. The van der Waals surface area contributed by atoms with Gasteiger partial charge in [0, 0.05) is 24.8 Å². The van der Waals surface area contributed by atoms with Gasteiger partial charge in [-0.3, -0.25) is 4.90 Å². The summed E-state index contributed by atoms with van der Waals surface area (Å²) in [4.78, 5) is 11.6. The lowest BCUT2D eigenvalue weighted by atomic mass is 9.94. The van der Waals surface area contributed by atoms with Gasteiger partial charge in [-0.1, -0.05) is 24.4 Å². The standard InChI is InChI=1S/C18H25N5O/c1-19-16-10-9-13(12-20-16)17-21-18(24-22-17)15-8-5-11-23(15)14-6-3-2-4-7-14/h9-10,12,14-15H,2-8,11H2,1H3,(H,19,20)/t15-/m0/s1. The van der Waals surface area contributed by atoms with Gasteiger partial charge in [-0.15, -0.1) is 0 Å². The van der Waals surface area contributed by atoms with Crippen molar-refractivity contribution in [2.24, 2.45) is 0 Å². The van der Waals surface area contributed by atoms with E-state index in [2.05, 4.69) is 25.3 Å². The second kappa shape index (κ2) is 6.89. The number of hydrogen-bond acceptors (Lipinski definition) is 6. The maximum absolute atomic E-state index is 5.63. The predicted molar refractivity (Wildman–Crippen MR) is 92.6 cm³/mol. The summed E-state index contributed by atoms with van der Waals surface area (Å²) in [5, 5.41) is 7.21. The number of hydrogen-bond donors (Lipinski definition) is 1. The first-order valence-corrected chi connectivity index (χ1v) is 9.08. The zero-order valence-electron chi connectivity index (χ0n) is 14.2. The van der Waals surface area contributed by atoms with Crippen LogP contribution in [0.15, 0.2) is 22.9 Å². The Morgan fingerprint density at radius 3 is 2.75 bits per heavy atom. The van der Waals surface area contributed by atoms with Crippen LogP contribution in [0, 0.1) is 0 Å². The fourth-order valence-electron chi connectivity index (χ4n) is 4.07. The van der Waals surface area contributed by atoms with Gasteiger partial charge in [-0.25, -0.2) is 4.98 Å². The van der Waals surface area contributed by atoms with Crippen LogP contribution in [-0.2, 0) is 0 Å². The van der Waals surface area contributed by atoms with Crippen LogP contribution < -0.4 is 5.32 Å². The van der Waals surface area contributed by atoms with Crippen molar-refractivity contribution in [2.75, 3.05) is 18.9 Å². The lowest BCUT2D eigenvalue weighted by molar-refractivity contribution is 0.121. The second-order valence-corrected chi connectivity index (χ2v) is 6.83. The van der Waals surface area contributed by atoms with E-state index in [9.17, 15) is 0 Å².